The molecule has 86 valence electrons. The number of carboxylic acid groups (broad SMARTS) is 1. The largest absolute Gasteiger partial charge is 0.478 e. The molecule has 2 nitrogen and oxygen atoms in total. The monoisotopic (exact) mass is 218 g/mol. The van der Waals surface area contributed by atoms with E-state index in [9.17, 15) is 4.79 Å². The fourth-order valence-electron chi connectivity index (χ4n) is 0.989. The summed E-state index contributed by atoms with van der Waals surface area (Å²) in [5.41, 5.74) is 0.234. The first-order chi connectivity index (χ1) is 7.68. The van der Waals surface area contributed by atoms with Gasteiger partial charge in [0.05, 0.1) is 0 Å². The molecule has 0 bridgehead atoms. The number of aliphatic carboxylic acids is 1. The Balaban J connectivity index is 3.80. The molecule has 0 aliphatic rings. The van der Waals surface area contributed by atoms with Gasteiger partial charge < -0.3 is 5.11 Å². The molecule has 0 aliphatic heterocycles. The molecule has 0 spiro atoms. The van der Waals surface area contributed by atoms with Crippen molar-refractivity contribution in [2.75, 3.05) is 0 Å². The molecule has 0 aliphatic carbocycles. The normalized spacial score (nSPS) is 9.75. The maximum atomic E-state index is 10.4. The molecule has 0 aromatic carbocycles. The van der Waals surface area contributed by atoms with E-state index in [0.29, 0.717) is 0 Å². The summed E-state index contributed by atoms with van der Waals surface area (Å²) in [4.78, 5) is 10.4. The smallest absolute Gasteiger partial charge is 0.331 e. The Kier molecular flexibility index (Phi) is 8.84. The number of unbranched alkanes of at least 4 members (excludes halogenated alkanes) is 4. The van der Waals surface area contributed by atoms with Crippen LogP contribution in [0.4, 0.5) is 0 Å². The Morgan fingerprint density at radius 3 is 2.62 bits per heavy atom. The third-order valence-electron chi connectivity index (χ3n) is 2.00. The van der Waals surface area contributed by atoms with Crippen molar-refractivity contribution < 1.29 is 9.90 Å². The van der Waals surface area contributed by atoms with Gasteiger partial charge in [-0.2, -0.15) is 0 Å². The molecule has 16 heavy (non-hydrogen) atoms. The Hall–Kier alpha value is -1.67. The van der Waals surface area contributed by atoms with Gasteiger partial charge in [0.15, 0.2) is 0 Å². The molecule has 1 N–H and O–H groups in total. The molecule has 0 rings (SSSR count). The predicted molar refractivity (Wildman–Crippen MR) is 65.7 cm³/mol. The highest BCUT2D eigenvalue weighted by Gasteiger charge is 1.95. The standard InChI is InChI=1S/C14H18O2/c1-3-4-5-6-7-8-9-10-11-12-13(2)14(15)16/h12H,3-7H2,1-2H3,(H,15,16)/b13-12+. The van der Waals surface area contributed by atoms with Crippen molar-refractivity contribution in [3.63, 3.8) is 0 Å². The molecule has 0 radical (unpaired) electrons. The molecule has 0 saturated heterocycles. The minimum atomic E-state index is -0.943. The van der Waals surface area contributed by atoms with Crippen LogP contribution in [-0.2, 0) is 4.79 Å². The van der Waals surface area contributed by atoms with Crippen LogP contribution in [0.5, 0.6) is 0 Å². The van der Waals surface area contributed by atoms with Crippen molar-refractivity contribution in [2.45, 2.75) is 46.0 Å². The summed E-state index contributed by atoms with van der Waals surface area (Å²) in [6.07, 6.45) is 7.06. The van der Waals surface area contributed by atoms with E-state index in [2.05, 4.69) is 30.6 Å². The molecule has 0 saturated carbocycles. The molecule has 0 atom stereocenters. The average molecular weight is 218 g/mol. The quantitative estimate of drug-likeness (QED) is 0.437. The zero-order chi connectivity index (χ0) is 12.2. The molecule has 0 heterocycles. The summed E-state index contributed by atoms with van der Waals surface area (Å²) in [6.45, 7) is 3.68. The van der Waals surface area contributed by atoms with E-state index in [0.717, 1.165) is 12.8 Å². The van der Waals surface area contributed by atoms with Gasteiger partial charge in [0.25, 0.3) is 0 Å². The number of carboxylic acids is 1. The second-order valence-corrected chi connectivity index (χ2v) is 3.51. The van der Waals surface area contributed by atoms with Crippen molar-refractivity contribution in [1.29, 1.82) is 0 Å². The van der Waals surface area contributed by atoms with Crippen LogP contribution in [0.25, 0.3) is 0 Å². The molecule has 0 amide bonds. The van der Waals surface area contributed by atoms with Crippen LogP contribution in [0.1, 0.15) is 46.0 Å². The lowest BCUT2D eigenvalue weighted by Crippen LogP contribution is -1.94. The van der Waals surface area contributed by atoms with Gasteiger partial charge in [0.1, 0.15) is 0 Å². The fourth-order valence-corrected chi connectivity index (χ4v) is 0.989. The second kappa shape index (κ2) is 9.87. The lowest BCUT2D eigenvalue weighted by atomic mass is 10.2. The van der Waals surface area contributed by atoms with E-state index in [1.165, 1.54) is 32.3 Å². The SMILES string of the molecule is CCCCCCC#CC#C/C=C(\C)C(=O)O. The molecule has 0 aromatic heterocycles. The van der Waals surface area contributed by atoms with Gasteiger partial charge in [-0.15, -0.1) is 0 Å². The van der Waals surface area contributed by atoms with Gasteiger partial charge in [0.2, 0.25) is 0 Å². The lowest BCUT2D eigenvalue weighted by Gasteiger charge is -1.90. The van der Waals surface area contributed by atoms with E-state index < -0.39 is 5.97 Å². The summed E-state index contributed by atoms with van der Waals surface area (Å²) in [5, 5.41) is 8.53. The van der Waals surface area contributed by atoms with Crippen LogP contribution in [0, 0.1) is 23.7 Å². The number of hydrogen-bond donors (Lipinski definition) is 1. The molecule has 0 aromatic rings. The Labute approximate surface area is 97.7 Å². The van der Waals surface area contributed by atoms with Gasteiger partial charge in [0, 0.05) is 12.0 Å². The van der Waals surface area contributed by atoms with Crippen LogP contribution >= 0.6 is 0 Å². The highest BCUT2D eigenvalue weighted by Crippen LogP contribution is 2.00. The fraction of sp³-hybridized carbons (Fsp3) is 0.500. The topological polar surface area (TPSA) is 37.3 Å². The zero-order valence-electron chi connectivity index (χ0n) is 9.97. The van der Waals surface area contributed by atoms with Crippen molar-refractivity contribution in [3.8, 4) is 23.7 Å². The van der Waals surface area contributed by atoms with E-state index in [4.69, 9.17) is 5.11 Å². The minimum Gasteiger partial charge on any atom is -0.478 e. The van der Waals surface area contributed by atoms with E-state index in [-0.39, 0.29) is 5.57 Å². The van der Waals surface area contributed by atoms with Gasteiger partial charge >= 0.3 is 5.97 Å². The first-order valence-corrected chi connectivity index (χ1v) is 5.57. The van der Waals surface area contributed by atoms with Crippen molar-refractivity contribution in [2.24, 2.45) is 0 Å². The minimum absolute atomic E-state index is 0.234. The molecule has 2 heteroatoms. The number of carbonyl (C=O) groups is 1. The maximum absolute atomic E-state index is 10.4. The summed E-state index contributed by atoms with van der Waals surface area (Å²) < 4.78 is 0. The molecule has 0 unspecified atom stereocenters. The predicted octanol–water partition coefficient (Wildman–Crippen LogP) is 2.99. The first-order valence-electron chi connectivity index (χ1n) is 5.57. The molecule has 0 fully saturated rings. The summed E-state index contributed by atoms with van der Waals surface area (Å²) >= 11 is 0. The second-order valence-electron chi connectivity index (χ2n) is 3.51. The van der Waals surface area contributed by atoms with Gasteiger partial charge in [-0.05, 0) is 31.3 Å². The van der Waals surface area contributed by atoms with Crippen LogP contribution < -0.4 is 0 Å². The highest BCUT2D eigenvalue weighted by molar-refractivity contribution is 5.86. The molecular formula is C14H18O2. The van der Waals surface area contributed by atoms with Crippen molar-refractivity contribution in [3.05, 3.63) is 11.6 Å². The average Bonchev–Trinajstić information content (AvgIpc) is 2.26. The highest BCUT2D eigenvalue weighted by atomic mass is 16.4. The zero-order valence-corrected chi connectivity index (χ0v) is 9.97. The Bertz CT molecular complexity index is 356. The van der Waals surface area contributed by atoms with Crippen LogP contribution in [-0.4, -0.2) is 11.1 Å². The number of rotatable bonds is 5. The van der Waals surface area contributed by atoms with Gasteiger partial charge in [-0.3, -0.25) is 0 Å². The summed E-state index contributed by atoms with van der Waals surface area (Å²) in [5.74, 6) is 9.93. The maximum Gasteiger partial charge on any atom is 0.331 e. The number of hydrogen-bond acceptors (Lipinski definition) is 1. The van der Waals surface area contributed by atoms with Crippen molar-refractivity contribution >= 4 is 5.97 Å². The van der Waals surface area contributed by atoms with Crippen LogP contribution in [0.2, 0.25) is 0 Å². The third-order valence-corrected chi connectivity index (χ3v) is 2.00. The van der Waals surface area contributed by atoms with Crippen molar-refractivity contribution in [1.82, 2.24) is 0 Å². The Morgan fingerprint density at radius 2 is 2.00 bits per heavy atom. The van der Waals surface area contributed by atoms with Crippen LogP contribution in [0.15, 0.2) is 11.6 Å². The van der Waals surface area contributed by atoms with E-state index in [1.54, 1.807) is 0 Å². The third kappa shape index (κ3) is 8.91. The van der Waals surface area contributed by atoms with Gasteiger partial charge in [-0.1, -0.05) is 38.0 Å². The number of allylic oxidation sites excluding steroid dienone is 1. The molecular weight excluding hydrogens is 200 g/mol. The Morgan fingerprint density at radius 1 is 1.25 bits per heavy atom. The van der Waals surface area contributed by atoms with Gasteiger partial charge in [-0.25, -0.2) is 4.79 Å². The first kappa shape index (κ1) is 14.3. The lowest BCUT2D eigenvalue weighted by molar-refractivity contribution is -0.132. The van der Waals surface area contributed by atoms with E-state index in [1.807, 2.05) is 0 Å². The summed E-state index contributed by atoms with van der Waals surface area (Å²) in [6, 6.07) is 0. The summed E-state index contributed by atoms with van der Waals surface area (Å²) in [7, 11) is 0. The van der Waals surface area contributed by atoms with Crippen LogP contribution in [0.3, 0.4) is 0 Å². The van der Waals surface area contributed by atoms with E-state index >= 15 is 0 Å².